The standard InChI is InChI=1S/C25H22N4OS/c1-16(2)17-9-3-5-11-19(17)26-23(30)15-31-25-28-20-12-6-4-10-18(20)24-27-21-13-7-8-14-22(21)29(24)25/h3-14,16H,15H2,1-2H3,(H,26,30). The summed E-state index contributed by atoms with van der Waals surface area (Å²) in [6.45, 7) is 4.25. The van der Waals surface area contributed by atoms with E-state index in [1.54, 1.807) is 0 Å². The van der Waals surface area contributed by atoms with Crippen LogP contribution in [-0.2, 0) is 4.79 Å². The highest BCUT2D eigenvalue weighted by Crippen LogP contribution is 2.29. The second kappa shape index (κ2) is 8.04. The molecule has 2 aromatic heterocycles. The summed E-state index contributed by atoms with van der Waals surface area (Å²) >= 11 is 1.43. The van der Waals surface area contributed by atoms with Crippen LogP contribution < -0.4 is 5.32 Å². The van der Waals surface area contributed by atoms with Crippen LogP contribution in [0.4, 0.5) is 5.69 Å². The van der Waals surface area contributed by atoms with E-state index in [4.69, 9.17) is 9.97 Å². The number of nitrogens with zero attached hydrogens (tertiary/aromatic N) is 3. The number of carbonyl (C=O) groups excluding carboxylic acids is 1. The first kappa shape index (κ1) is 19.6. The number of hydrogen-bond acceptors (Lipinski definition) is 4. The fourth-order valence-corrected chi connectivity index (χ4v) is 4.65. The Morgan fingerprint density at radius 2 is 1.65 bits per heavy atom. The molecular weight excluding hydrogens is 404 g/mol. The molecule has 1 N–H and O–H groups in total. The largest absolute Gasteiger partial charge is 0.325 e. The fourth-order valence-electron chi connectivity index (χ4n) is 3.84. The van der Waals surface area contributed by atoms with Gasteiger partial charge in [-0.15, -0.1) is 0 Å². The summed E-state index contributed by atoms with van der Waals surface area (Å²) in [6.07, 6.45) is 0. The molecule has 5 rings (SSSR count). The smallest absolute Gasteiger partial charge is 0.234 e. The molecule has 0 aliphatic rings. The molecule has 154 valence electrons. The molecule has 5 aromatic rings. The third-order valence-electron chi connectivity index (χ3n) is 5.30. The molecule has 2 heterocycles. The first-order chi connectivity index (χ1) is 15.1. The first-order valence-corrected chi connectivity index (χ1v) is 11.3. The zero-order chi connectivity index (χ0) is 21.4. The van der Waals surface area contributed by atoms with Gasteiger partial charge in [-0.2, -0.15) is 0 Å². The predicted molar refractivity (Wildman–Crippen MR) is 128 cm³/mol. The van der Waals surface area contributed by atoms with Gasteiger partial charge in [-0.3, -0.25) is 9.20 Å². The van der Waals surface area contributed by atoms with Crippen molar-refractivity contribution in [2.75, 3.05) is 11.1 Å². The number of para-hydroxylation sites is 4. The highest BCUT2D eigenvalue weighted by atomic mass is 32.2. The topological polar surface area (TPSA) is 59.3 Å². The molecule has 0 spiro atoms. The Bertz CT molecular complexity index is 1420. The maximum Gasteiger partial charge on any atom is 0.234 e. The molecule has 5 nitrogen and oxygen atoms in total. The maximum atomic E-state index is 12.8. The van der Waals surface area contributed by atoms with E-state index >= 15 is 0 Å². The molecule has 31 heavy (non-hydrogen) atoms. The van der Waals surface area contributed by atoms with Gasteiger partial charge in [0.1, 0.15) is 5.65 Å². The number of hydrogen-bond donors (Lipinski definition) is 1. The summed E-state index contributed by atoms with van der Waals surface area (Å²) < 4.78 is 2.05. The molecule has 0 bridgehead atoms. The molecule has 0 unspecified atom stereocenters. The number of amides is 1. The Kier molecular flexibility index (Phi) is 5.08. The van der Waals surface area contributed by atoms with Crippen molar-refractivity contribution in [3.63, 3.8) is 0 Å². The molecule has 6 heteroatoms. The van der Waals surface area contributed by atoms with E-state index in [9.17, 15) is 4.79 Å². The van der Waals surface area contributed by atoms with E-state index in [0.717, 1.165) is 44.0 Å². The van der Waals surface area contributed by atoms with Crippen molar-refractivity contribution in [1.82, 2.24) is 14.4 Å². The number of nitrogens with one attached hydrogen (secondary N) is 1. The molecule has 0 saturated heterocycles. The molecule has 0 atom stereocenters. The van der Waals surface area contributed by atoms with Crippen molar-refractivity contribution in [3.05, 3.63) is 78.4 Å². The minimum absolute atomic E-state index is 0.0503. The van der Waals surface area contributed by atoms with Gasteiger partial charge in [-0.25, -0.2) is 9.97 Å². The zero-order valence-electron chi connectivity index (χ0n) is 17.4. The monoisotopic (exact) mass is 426 g/mol. The van der Waals surface area contributed by atoms with Crippen molar-refractivity contribution in [3.8, 4) is 0 Å². The third kappa shape index (κ3) is 3.64. The second-order valence-electron chi connectivity index (χ2n) is 7.75. The number of imidazole rings is 1. The minimum atomic E-state index is -0.0503. The Balaban J connectivity index is 1.50. The van der Waals surface area contributed by atoms with Gasteiger partial charge in [0, 0.05) is 11.1 Å². The lowest BCUT2D eigenvalue weighted by Crippen LogP contribution is -2.16. The third-order valence-corrected chi connectivity index (χ3v) is 6.24. The SMILES string of the molecule is CC(C)c1ccccc1NC(=O)CSc1nc2ccccc2c2nc3ccccc3n12. The highest BCUT2D eigenvalue weighted by Gasteiger charge is 2.16. The van der Waals surface area contributed by atoms with Gasteiger partial charge >= 0.3 is 0 Å². The summed E-state index contributed by atoms with van der Waals surface area (Å²) in [5.41, 5.74) is 5.64. The van der Waals surface area contributed by atoms with Crippen LogP contribution in [0, 0.1) is 0 Å². The second-order valence-corrected chi connectivity index (χ2v) is 8.69. The van der Waals surface area contributed by atoms with Gasteiger partial charge in [0.25, 0.3) is 0 Å². The van der Waals surface area contributed by atoms with Gasteiger partial charge in [-0.05, 0) is 41.8 Å². The van der Waals surface area contributed by atoms with Crippen LogP contribution in [0.25, 0.3) is 27.6 Å². The first-order valence-electron chi connectivity index (χ1n) is 10.3. The van der Waals surface area contributed by atoms with Crippen molar-refractivity contribution >= 4 is 50.9 Å². The number of fused-ring (bicyclic) bond motifs is 5. The Hall–Kier alpha value is -3.38. The Morgan fingerprint density at radius 1 is 0.935 bits per heavy atom. The quantitative estimate of drug-likeness (QED) is 0.281. The van der Waals surface area contributed by atoms with E-state index in [-0.39, 0.29) is 11.7 Å². The summed E-state index contributed by atoms with van der Waals surface area (Å²) in [5, 5.41) is 4.82. The average molecular weight is 427 g/mol. The van der Waals surface area contributed by atoms with Gasteiger partial charge in [0.15, 0.2) is 5.16 Å². The lowest BCUT2D eigenvalue weighted by Gasteiger charge is -2.13. The lowest BCUT2D eigenvalue weighted by atomic mass is 10.0. The molecule has 0 radical (unpaired) electrons. The van der Waals surface area contributed by atoms with Crippen molar-refractivity contribution in [2.24, 2.45) is 0 Å². The Labute approximate surface area is 184 Å². The highest BCUT2D eigenvalue weighted by molar-refractivity contribution is 7.99. The van der Waals surface area contributed by atoms with Gasteiger partial charge in [0.2, 0.25) is 5.91 Å². The van der Waals surface area contributed by atoms with Crippen LogP contribution in [0.15, 0.2) is 78.0 Å². The number of carbonyl (C=O) groups is 1. The van der Waals surface area contributed by atoms with Crippen LogP contribution in [0.2, 0.25) is 0 Å². The molecule has 1 amide bonds. The maximum absolute atomic E-state index is 12.8. The summed E-state index contributed by atoms with van der Waals surface area (Å²) in [6, 6.07) is 24.0. The number of thioether (sulfide) groups is 1. The molecule has 0 aliphatic heterocycles. The van der Waals surface area contributed by atoms with Crippen molar-refractivity contribution < 1.29 is 4.79 Å². The number of rotatable bonds is 5. The van der Waals surface area contributed by atoms with Gasteiger partial charge < -0.3 is 5.32 Å². The number of aromatic nitrogens is 3. The lowest BCUT2D eigenvalue weighted by molar-refractivity contribution is -0.113. The van der Waals surface area contributed by atoms with Crippen LogP contribution in [-0.4, -0.2) is 26.0 Å². The molecule has 3 aromatic carbocycles. The van der Waals surface area contributed by atoms with Crippen molar-refractivity contribution in [1.29, 1.82) is 0 Å². The molecule has 0 saturated carbocycles. The van der Waals surface area contributed by atoms with E-state index in [1.807, 2.05) is 66.7 Å². The molecule has 0 aliphatic carbocycles. The summed E-state index contributed by atoms with van der Waals surface area (Å²) in [7, 11) is 0. The summed E-state index contributed by atoms with van der Waals surface area (Å²) in [5.74, 6) is 0.549. The Morgan fingerprint density at radius 3 is 2.48 bits per heavy atom. The minimum Gasteiger partial charge on any atom is -0.325 e. The van der Waals surface area contributed by atoms with Crippen LogP contribution in [0.5, 0.6) is 0 Å². The predicted octanol–water partition coefficient (Wildman–Crippen LogP) is 5.89. The van der Waals surface area contributed by atoms with E-state index in [2.05, 4.69) is 29.6 Å². The van der Waals surface area contributed by atoms with Gasteiger partial charge in [-0.1, -0.05) is 68.1 Å². The number of benzene rings is 3. The fraction of sp³-hybridized carbons (Fsp3) is 0.160. The van der Waals surface area contributed by atoms with E-state index < -0.39 is 0 Å². The van der Waals surface area contributed by atoms with Crippen LogP contribution in [0.1, 0.15) is 25.3 Å². The van der Waals surface area contributed by atoms with Gasteiger partial charge in [0.05, 0.1) is 22.3 Å². The zero-order valence-corrected chi connectivity index (χ0v) is 18.2. The normalized spacial score (nSPS) is 11.6. The number of anilines is 1. The molecule has 0 fully saturated rings. The van der Waals surface area contributed by atoms with Crippen molar-refractivity contribution in [2.45, 2.75) is 24.9 Å². The van der Waals surface area contributed by atoms with E-state index in [1.165, 1.54) is 11.8 Å². The molecular formula is C25H22N4OS. The van der Waals surface area contributed by atoms with Crippen LogP contribution >= 0.6 is 11.8 Å². The summed E-state index contributed by atoms with van der Waals surface area (Å²) in [4.78, 5) is 22.5. The van der Waals surface area contributed by atoms with Crippen LogP contribution in [0.3, 0.4) is 0 Å². The average Bonchev–Trinajstić information content (AvgIpc) is 3.18. The van der Waals surface area contributed by atoms with E-state index in [0.29, 0.717) is 5.92 Å².